The van der Waals surface area contributed by atoms with E-state index in [9.17, 15) is 0 Å². The lowest BCUT2D eigenvalue weighted by Gasteiger charge is -2.08. The van der Waals surface area contributed by atoms with Crippen molar-refractivity contribution in [3.05, 3.63) is 126 Å². The molecule has 0 aliphatic rings. The standard InChI is InChI=1S/C32H23NS/c1-33-29(19-17-22-9-3-2-4-10-22)25-13-7-12-24(21-25)27-15-8-16-28-31-26-14-6-5-11-23(26)18-20-30(31)34-32(27)28/h2-16,18-21H,1,17H2/b29-19-. The van der Waals surface area contributed by atoms with Crippen molar-refractivity contribution >= 4 is 54.7 Å². The van der Waals surface area contributed by atoms with Crippen molar-refractivity contribution in [2.24, 2.45) is 4.99 Å². The molecule has 2 heteroatoms. The molecule has 0 unspecified atom stereocenters. The molecule has 0 saturated carbocycles. The van der Waals surface area contributed by atoms with Crippen molar-refractivity contribution in [2.75, 3.05) is 0 Å². The van der Waals surface area contributed by atoms with E-state index in [-0.39, 0.29) is 0 Å². The molecule has 34 heavy (non-hydrogen) atoms. The summed E-state index contributed by atoms with van der Waals surface area (Å²) in [6.45, 7) is 3.84. The molecule has 1 nitrogen and oxygen atoms in total. The third kappa shape index (κ3) is 3.63. The lowest BCUT2D eigenvalue weighted by molar-refractivity contribution is 1.26. The molecule has 5 aromatic carbocycles. The van der Waals surface area contributed by atoms with Crippen LogP contribution in [-0.2, 0) is 6.42 Å². The average molecular weight is 454 g/mol. The van der Waals surface area contributed by atoms with E-state index in [1.54, 1.807) is 0 Å². The fourth-order valence-corrected chi connectivity index (χ4v) is 6.00. The first-order chi connectivity index (χ1) is 16.8. The van der Waals surface area contributed by atoms with Crippen LogP contribution in [0.3, 0.4) is 0 Å². The van der Waals surface area contributed by atoms with Crippen LogP contribution in [0.4, 0.5) is 0 Å². The molecule has 0 aliphatic heterocycles. The number of nitrogens with zero attached hydrogens (tertiary/aromatic N) is 1. The maximum atomic E-state index is 4.35. The zero-order valence-electron chi connectivity index (χ0n) is 18.7. The van der Waals surface area contributed by atoms with Gasteiger partial charge in [0.25, 0.3) is 0 Å². The highest BCUT2D eigenvalue weighted by atomic mass is 32.1. The van der Waals surface area contributed by atoms with Crippen molar-refractivity contribution in [1.82, 2.24) is 0 Å². The molecule has 0 N–H and O–H groups in total. The molecule has 0 spiro atoms. The SMILES string of the molecule is C=N/C(=C\Cc1ccccc1)c1cccc(-c2cccc3c2sc2ccc4ccccc4c23)c1. The van der Waals surface area contributed by atoms with E-state index in [0.29, 0.717) is 0 Å². The minimum atomic E-state index is 0.832. The second kappa shape index (κ2) is 8.74. The molecule has 0 aliphatic carbocycles. The van der Waals surface area contributed by atoms with Gasteiger partial charge in [-0.15, -0.1) is 11.3 Å². The topological polar surface area (TPSA) is 12.4 Å². The van der Waals surface area contributed by atoms with Crippen molar-refractivity contribution in [3.63, 3.8) is 0 Å². The van der Waals surface area contributed by atoms with Crippen LogP contribution >= 0.6 is 11.3 Å². The summed E-state index contributed by atoms with van der Waals surface area (Å²) >= 11 is 1.88. The van der Waals surface area contributed by atoms with Gasteiger partial charge in [0.15, 0.2) is 0 Å². The van der Waals surface area contributed by atoms with Crippen molar-refractivity contribution in [1.29, 1.82) is 0 Å². The third-order valence-corrected chi connectivity index (χ3v) is 7.60. The Morgan fingerprint density at radius 3 is 2.44 bits per heavy atom. The summed E-state index contributed by atoms with van der Waals surface area (Å²) in [5.74, 6) is 0. The van der Waals surface area contributed by atoms with Crippen LogP contribution in [0, 0.1) is 0 Å². The normalized spacial score (nSPS) is 11.9. The highest BCUT2D eigenvalue weighted by Crippen LogP contribution is 2.43. The van der Waals surface area contributed by atoms with Gasteiger partial charge in [0.2, 0.25) is 0 Å². The fourth-order valence-electron chi connectivity index (χ4n) is 4.74. The van der Waals surface area contributed by atoms with Gasteiger partial charge < -0.3 is 0 Å². The van der Waals surface area contributed by atoms with Gasteiger partial charge in [0.1, 0.15) is 0 Å². The van der Waals surface area contributed by atoms with Crippen molar-refractivity contribution in [2.45, 2.75) is 6.42 Å². The monoisotopic (exact) mass is 453 g/mol. The van der Waals surface area contributed by atoms with E-state index < -0.39 is 0 Å². The van der Waals surface area contributed by atoms with Gasteiger partial charge in [-0.05, 0) is 52.7 Å². The van der Waals surface area contributed by atoms with E-state index in [0.717, 1.165) is 17.7 Å². The Labute approximate surface area is 203 Å². The quantitative estimate of drug-likeness (QED) is 0.231. The lowest BCUT2D eigenvalue weighted by Crippen LogP contribution is -1.87. The Kier molecular flexibility index (Phi) is 5.29. The van der Waals surface area contributed by atoms with Gasteiger partial charge >= 0.3 is 0 Å². The van der Waals surface area contributed by atoms with Crippen molar-refractivity contribution in [3.8, 4) is 11.1 Å². The molecule has 6 rings (SSSR count). The van der Waals surface area contributed by atoms with E-state index in [2.05, 4.69) is 121 Å². The molecule has 0 atom stereocenters. The number of aliphatic imine (C=N–C) groups is 1. The fraction of sp³-hybridized carbons (Fsp3) is 0.0312. The van der Waals surface area contributed by atoms with Crippen LogP contribution in [0.2, 0.25) is 0 Å². The number of allylic oxidation sites excluding steroid dienone is 1. The molecule has 0 saturated heterocycles. The second-order valence-corrected chi connectivity index (χ2v) is 9.51. The van der Waals surface area contributed by atoms with Crippen molar-refractivity contribution < 1.29 is 0 Å². The number of benzene rings is 5. The average Bonchev–Trinajstić information content (AvgIpc) is 3.29. The second-order valence-electron chi connectivity index (χ2n) is 8.46. The van der Waals surface area contributed by atoms with Gasteiger partial charge in [-0.2, -0.15) is 0 Å². The van der Waals surface area contributed by atoms with E-state index in [1.165, 1.54) is 47.6 Å². The first kappa shape index (κ1) is 20.6. The van der Waals surface area contributed by atoms with E-state index in [4.69, 9.17) is 0 Å². The third-order valence-electron chi connectivity index (χ3n) is 6.40. The van der Waals surface area contributed by atoms with E-state index in [1.807, 2.05) is 17.4 Å². The number of fused-ring (bicyclic) bond motifs is 5. The molecule has 0 radical (unpaired) electrons. The number of hydrogen-bond acceptors (Lipinski definition) is 2. The summed E-state index contributed by atoms with van der Waals surface area (Å²) in [6, 6.07) is 38.9. The molecule has 162 valence electrons. The predicted octanol–water partition coefficient (Wildman–Crippen LogP) is 9.16. The molecular formula is C32H23NS. The molecule has 0 amide bonds. The molecule has 1 aromatic heterocycles. The Morgan fingerprint density at radius 2 is 1.56 bits per heavy atom. The van der Waals surface area contributed by atoms with Gasteiger partial charge in [-0.3, -0.25) is 4.99 Å². The first-order valence-corrected chi connectivity index (χ1v) is 12.3. The predicted molar refractivity (Wildman–Crippen MR) is 150 cm³/mol. The van der Waals surface area contributed by atoms with Gasteiger partial charge in [0.05, 0.1) is 5.70 Å². The zero-order valence-corrected chi connectivity index (χ0v) is 19.6. The number of thiophene rings is 1. The van der Waals surface area contributed by atoms with Crippen LogP contribution in [0.15, 0.2) is 120 Å². The van der Waals surface area contributed by atoms with E-state index >= 15 is 0 Å². The summed E-state index contributed by atoms with van der Waals surface area (Å²) in [7, 11) is 0. The smallest absolute Gasteiger partial charge is 0.0658 e. The largest absolute Gasteiger partial charge is 0.264 e. The summed E-state index contributed by atoms with van der Waals surface area (Å²) in [5.41, 5.74) is 5.73. The minimum Gasteiger partial charge on any atom is -0.264 e. The Balaban J connectivity index is 1.47. The van der Waals surface area contributed by atoms with Crippen LogP contribution in [0.5, 0.6) is 0 Å². The maximum Gasteiger partial charge on any atom is 0.0658 e. The Morgan fingerprint density at radius 1 is 0.765 bits per heavy atom. The molecular weight excluding hydrogens is 430 g/mol. The number of rotatable bonds is 5. The van der Waals surface area contributed by atoms with Gasteiger partial charge in [0, 0.05) is 25.7 Å². The number of hydrogen-bond donors (Lipinski definition) is 0. The van der Waals surface area contributed by atoms with Crippen LogP contribution in [0.25, 0.3) is 47.8 Å². The minimum absolute atomic E-state index is 0.832. The summed E-state index contributed by atoms with van der Waals surface area (Å²) < 4.78 is 2.65. The van der Waals surface area contributed by atoms with Gasteiger partial charge in [-0.1, -0.05) is 103 Å². The highest BCUT2D eigenvalue weighted by Gasteiger charge is 2.13. The Bertz CT molecular complexity index is 1690. The van der Waals surface area contributed by atoms with Gasteiger partial charge in [-0.25, -0.2) is 0 Å². The lowest BCUT2D eigenvalue weighted by atomic mass is 9.98. The summed E-state index contributed by atoms with van der Waals surface area (Å²) in [4.78, 5) is 4.35. The molecule has 0 bridgehead atoms. The summed E-state index contributed by atoms with van der Waals surface area (Å²) in [5, 5.41) is 5.28. The van der Waals surface area contributed by atoms with Crippen LogP contribution < -0.4 is 0 Å². The Hall–Kier alpha value is -4.01. The maximum absolute atomic E-state index is 4.35. The highest BCUT2D eigenvalue weighted by molar-refractivity contribution is 7.26. The molecule has 6 aromatic rings. The molecule has 0 fully saturated rings. The zero-order chi connectivity index (χ0) is 22.9. The van der Waals surface area contributed by atoms with Crippen LogP contribution in [0.1, 0.15) is 11.1 Å². The summed E-state index contributed by atoms with van der Waals surface area (Å²) in [6.07, 6.45) is 2.99. The first-order valence-electron chi connectivity index (χ1n) is 11.5. The van der Waals surface area contributed by atoms with Crippen LogP contribution in [-0.4, -0.2) is 6.72 Å². The molecule has 1 heterocycles.